The Bertz CT molecular complexity index is 1030. The summed E-state index contributed by atoms with van der Waals surface area (Å²) in [5.74, 6) is -5.70. The van der Waals surface area contributed by atoms with Crippen LogP contribution < -0.4 is 4.74 Å². The van der Waals surface area contributed by atoms with Crippen LogP contribution in [0.25, 0.3) is 0 Å². The van der Waals surface area contributed by atoms with Crippen molar-refractivity contribution in [2.75, 3.05) is 20.3 Å². The number of alkyl halides is 2. The molecule has 1 heterocycles. The summed E-state index contributed by atoms with van der Waals surface area (Å²) < 4.78 is 69.3. The van der Waals surface area contributed by atoms with Gasteiger partial charge in [0.15, 0.2) is 5.66 Å². The van der Waals surface area contributed by atoms with E-state index in [0.29, 0.717) is 0 Å². The molecule has 0 saturated carbocycles. The van der Waals surface area contributed by atoms with E-state index in [0.717, 1.165) is 12.1 Å². The summed E-state index contributed by atoms with van der Waals surface area (Å²) in [5.41, 5.74) is -2.92. The highest BCUT2D eigenvalue weighted by Gasteiger charge is 2.46. The summed E-state index contributed by atoms with van der Waals surface area (Å²) in [5, 5.41) is 3.34. The first-order valence-electron chi connectivity index (χ1n) is 10.4. The fourth-order valence-corrected chi connectivity index (χ4v) is 5.00. The highest BCUT2D eigenvalue weighted by Crippen LogP contribution is 2.54. The highest BCUT2D eigenvalue weighted by atomic mass is 35.5. The van der Waals surface area contributed by atoms with E-state index in [9.17, 15) is 9.36 Å². The maximum Gasteiger partial charge on any atom is 0.345 e. The second kappa shape index (κ2) is 11.1. The lowest BCUT2D eigenvalue weighted by molar-refractivity contribution is -0.154. The smallest absolute Gasteiger partial charge is 0.345 e. The summed E-state index contributed by atoms with van der Waals surface area (Å²) >= 11 is 5.96. The largest absolute Gasteiger partial charge is 0.495 e. The lowest BCUT2D eigenvalue weighted by Crippen LogP contribution is -2.34. The number of esters is 1. The molecule has 0 aliphatic carbocycles. The van der Waals surface area contributed by atoms with E-state index in [2.05, 4.69) is 10.1 Å². The van der Waals surface area contributed by atoms with Gasteiger partial charge in [-0.05, 0) is 52.8 Å². The fraction of sp³-hybridized carbons (Fsp3) is 0.571. The number of hydrogen-bond donors (Lipinski definition) is 0. The standard InChI is InChI=1S/C21H28ClF2N2O7P/c1-7-30-34(28,31-8-2)16(18(27)32-20(3,4)5)12-17-25-19(26-33-17)21(23,24)13-9-10-15(29-6)14(22)11-13/h9-11,16H,7-8,12H2,1-6H3. The average Bonchev–Trinajstić information content (AvgIpc) is 3.20. The topological polar surface area (TPSA) is 110 Å². The number of benzene rings is 1. The molecule has 34 heavy (non-hydrogen) atoms. The van der Waals surface area contributed by atoms with E-state index in [1.807, 2.05) is 0 Å². The molecule has 1 aromatic carbocycles. The Hall–Kier alpha value is -2.07. The number of hydrogen-bond acceptors (Lipinski definition) is 9. The minimum Gasteiger partial charge on any atom is -0.495 e. The fourth-order valence-electron chi connectivity index (χ4n) is 2.89. The Morgan fingerprint density at radius 1 is 1.21 bits per heavy atom. The summed E-state index contributed by atoms with van der Waals surface area (Å²) in [6.45, 7) is 7.97. The van der Waals surface area contributed by atoms with Gasteiger partial charge in [0.25, 0.3) is 0 Å². The van der Waals surface area contributed by atoms with Gasteiger partial charge in [-0.1, -0.05) is 16.8 Å². The van der Waals surface area contributed by atoms with E-state index in [-0.39, 0.29) is 29.9 Å². The lowest BCUT2D eigenvalue weighted by Gasteiger charge is -2.27. The number of carbonyl (C=O) groups excluding carboxylic acids is 1. The first kappa shape index (κ1) is 28.2. The number of nitrogens with zero attached hydrogens (tertiary/aromatic N) is 2. The Morgan fingerprint density at radius 3 is 2.32 bits per heavy atom. The zero-order valence-electron chi connectivity index (χ0n) is 19.8. The number of halogens is 3. The number of carbonyl (C=O) groups is 1. The van der Waals surface area contributed by atoms with Crippen LogP contribution in [0.15, 0.2) is 22.7 Å². The third-order valence-corrected chi connectivity index (χ3v) is 7.00. The molecule has 9 nitrogen and oxygen atoms in total. The molecule has 2 aromatic rings. The van der Waals surface area contributed by atoms with E-state index in [1.165, 1.54) is 13.2 Å². The van der Waals surface area contributed by atoms with Crippen LogP contribution in [-0.2, 0) is 35.5 Å². The van der Waals surface area contributed by atoms with Crippen LogP contribution in [0.3, 0.4) is 0 Å². The van der Waals surface area contributed by atoms with E-state index in [1.54, 1.807) is 34.6 Å². The third-order valence-electron chi connectivity index (χ3n) is 4.31. The van der Waals surface area contributed by atoms with Crippen molar-refractivity contribution in [2.24, 2.45) is 0 Å². The Balaban J connectivity index is 2.40. The van der Waals surface area contributed by atoms with Crippen molar-refractivity contribution < 1.29 is 41.2 Å². The molecule has 1 aromatic heterocycles. The van der Waals surface area contributed by atoms with Crippen molar-refractivity contribution in [3.8, 4) is 5.75 Å². The monoisotopic (exact) mass is 524 g/mol. The van der Waals surface area contributed by atoms with Crippen LogP contribution in [0.1, 0.15) is 51.9 Å². The first-order valence-corrected chi connectivity index (χ1v) is 12.4. The maximum atomic E-state index is 15.0. The highest BCUT2D eigenvalue weighted by molar-refractivity contribution is 7.55. The molecule has 0 saturated heterocycles. The van der Waals surface area contributed by atoms with Crippen molar-refractivity contribution >= 4 is 25.2 Å². The summed E-state index contributed by atoms with van der Waals surface area (Å²) in [4.78, 5) is 16.6. The molecular formula is C21H28ClF2N2O7P. The average molecular weight is 525 g/mol. The molecule has 1 unspecified atom stereocenters. The van der Waals surface area contributed by atoms with Gasteiger partial charge in [-0.25, -0.2) is 0 Å². The van der Waals surface area contributed by atoms with Crippen LogP contribution >= 0.6 is 19.2 Å². The number of aromatic nitrogens is 2. The number of rotatable bonds is 11. The van der Waals surface area contributed by atoms with Crippen LogP contribution in [-0.4, -0.2) is 47.7 Å². The second-order valence-electron chi connectivity index (χ2n) is 8.06. The van der Waals surface area contributed by atoms with Crippen molar-refractivity contribution in [1.29, 1.82) is 0 Å². The molecule has 1 atom stereocenters. The molecule has 0 radical (unpaired) electrons. The molecule has 190 valence electrons. The first-order chi connectivity index (χ1) is 15.8. The quantitative estimate of drug-likeness (QED) is 0.282. The van der Waals surface area contributed by atoms with Crippen molar-refractivity contribution in [1.82, 2.24) is 10.1 Å². The molecule has 0 N–H and O–H groups in total. The van der Waals surface area contributed by atoms with Crippen LogP contribution in [0, 0.1) is 0 Å². The summed E-state index contributed by atoms with van der Waals surface area (Å²) in [6, 6.07) is 3.42. The van der Waals surface area contributed by atoms with E-state index < -0.39 is 48.6 Å². The molecule has 0 aliphatic rings. The zero-order chi connectivity index (χ0) is 25.7. The van der Waals surface area contributed by atoms with Gasteiger partial charge in [0, 0.05) is 5.56 Å². The van der Waals surface area contributed by atoms with Gasteiger partial charge in [0.05, 0.1) is 31.8 Å². The Morgan fingerprint density at radius 2 is 1.82 bits per heavy atom. The summed E-state index contributed by atoms with van der Waals surface area (Å²) in [7, 11) is -2.71. The molecule has 2 rings (SSSR count). The van der Waals surface area contributed by atoms with Gasteiger partial charge in [-0.15, -0.1) is 0 Å². The molecular weight excluding hydrogens is 497 g/mol. The Labute approximate surface area is 201 Å². The summed E-state index contributed by atoms with van der Waals surface area (Å²) in [6.07, 6.45) is -0.501. The lowest BCUT2D eigenvalue weighted by atomic mass is 10.1. The predicted molar refractivity (Wildman–Crippen MR) is 119 cm³/mol. The van der Waals surface area contributed by atoms with Gasteiger partial charge < -0.3 is 23.0 Å². The maximum absolute atomic E-state index is 15.0. The molecule has 0 spiro atoms. The number of methoxy groups -OCH3 is 1. The van der Waals surface area contributed by atoms with Gasteiger partial charge in [-0.3, -0.25) is 9.36 Å². The predicted octanol–water partition coefficient (Wildman–Crippen LogP) is 5.39. The van der Waals surface area contributed by atoms with E-state index >= 15 is 8.78 Å². The van der Waals surface area contributed by atoms with E-state index in [4.69, 9.17) is 34.6 Å². The second-order valence-corrected chi connectivity index (χ2v) is 10.7. The number of ether oxygens (including phenoxy) is 2. The SMILES string of the molecule is CCOP(=O)(OCC)C(Cc1nc(C(F)(F)c2ccc(OC)c(Cl)c2)no1)C(=O)OC(C)(C)C. The minimum absolute atomic E-state index is 0.0252. The molecule has 0 fully saturated rings. The minimum atomic E-state index is -4.06. The van der Waals surface area contributed by atoms with Crippen molar-refractivity contribution in [2.45, 2.75) is 58.2 Å². The molecule has 0 bridgehead atoms. The van der Waals surface area contributed by atoms with Gasteiger partial charge in [0.2, 0.25) is 11.7 Å². The van der Waals surface area contributed by atoms with Crippen molar-refractivity contribution in [3.05, 3.63) is 40.5 Å². The molecule has 0 aliphatic heterocycles. The van der Waals surface area contributed by atoms with Crippen molar-refractivity contribution in [3.63, 3.8) is 0 Å². The van der Waals surface area contributed by atoms with Crippen LogP contribution in [0.5, 0.6) is 5.75 Å². The third kappa shape index (κ3) is 6.75. The van der Waals surface area contributed by atoms with Gasteiger partial charge >= 0.3 is 19.5 Å². The normalized spacial score (nSPS) is 13.6. The molecule has 0 amide bonds. The molecule has 13 heteroatoms. The zero-order valence-corrected chi connectivity index (χ0v) is 21.4. The Kier molecular flexibility index (Phi) is 9.21. The van der Waals surface area contributed by atoms with Gasteiger partial charge in [0.1, 0.15) is 11.4 Å². The van der Waals surface area contributed by atoms with Crippen LogP contribution in [0.2, 0.25) is 5.02 Å². The van der Waals surface area contributed by atoms with Crippen LogP contribution in [0.4, 0.5) is 8.78 Å². The van der Waals surface area contributed by atoms with Gasteiger partial charge in [-0.2, -0.15) is 13.8 Å².